The van der Waals surface area contributed by atoms with Gasteiger partial charge in [-0.25, -0.2) is 0 Å². The van der Waals surface area contributed by atoms with E-state index in [0.29, 0.717) is 12.1 Å². The molecule has 7 heteroatoms. The van der Waals surface area contributed by atoms with Gasteiger partial charge in [-0.2, -0.15) is 0 Å². The average Bonchev–Trinajstić information content (AvgIpc) is 3.25. The molecule has 1 aromatic heterocycles. The fourth-order valence-electron chi connectivity index (χ4n) is 4.06. The Kier molecular flexibility index (Phi) is 9.05. The second-order valence-electron chi connectivity index (χ2n) is 7.66. The summed E-state index contributed by atoms with van der Waals surface area (Å²) in [5, 5.41) is 9.32. The second-order valence-corrected chi connectivity index (χ2v) is 8.64. The van der Waals surface area contributed by atoms with Crippen LogP contribution in [0.5, 0.6) is 0 Å². The Morgan fingerprint density at radius 2 is 2.04 bits per heavy atom. The minimum Gasteiger partial charge on any atom is -0.379 e. The molecule has 1 atom stereocenters. The van der Waals surface area contributed by atoms with Gasteiger partial charge in [0.1, 0.15) is 0 Å². The third-order valence-electron chi connectivity index (χ3n) is 5.59. The lowest BCUT2D eigenvalue weighted by atomic mass is 10.1. The minimum absolute atomic E-state index is 0.339. The molecule has 1 unspecified atom stereocenters. The summed E-state index contributed by atoms with van der Waals surface area (Å²) in [5.41, 5.74) is 0. The molecule has 1 aromatic rings. The first kappa shape index (κ1) is 21.6. The van der Waals surface area contributed by atoms with Gasteiger partial charge in [0.05, 0.1) is 25.8 Å². The highest BCUT2D eigenvalue weighted by Crippen LogP contribution is 2.26. The number of likely N-dealkylation sites (tertiary alicyclic amines) is 1. The Morgan fingerprint density at radius 3 is 2.68 bits per heavy atom. The molecule has 0 bridgehead atoms. The van der Waals surface area contributed by atoms with Crippen molar-refractivity contribution >= 4 is 17.3 Å². The van der Waals surface area contributed by atoms with Crippen molar-refractivity contribution in [3.8, 4) is 0 Å². The largest absolute Gasteiger partial charge is 0.379 e. The summed E-state index contributed by atoms with van der Waals surface area (Å²) in [6.07, 6.45) is 3.64. The van der Waals surface area contributed by atoms with Crippen LogP contribution in [0.1, 0.15) is 44.0 Å². The molecule has 0 amide bonds. The molecule has 0 spiro atoms. The number of piperidine rings is 1. The van der Waals surface area contributed by atoms with Gasteiger partial charge in [-0.15, -0.1) is 11.3 Å². The maximum absolute atomic E-state index is 5.56. The molecule has 6 nitrogen and oxygen atoms in total. The molecule has 2 N–H and O–H groups in total. The van der Waals surface area contributed by atoms with Gasteiger partial charge in [0, 0.05) is 43.6 Å². The molecule has 3 rings (SSSR count). The first-order valence-electron chi connectivity index (χ1n) is 10.9. The van der Waals surface area contributed by atoms with Crippen molar-refractivity contribution in [1.29, 1.82) is 0 Å². The van der Waals surface area contributed by atoms with Crippen LogP contribution in [0.15, 0.2) is 22.5 Å². The summed E-state index contributed by atoms with van der Waals surface area (Å²) in [6, 6.07) is 5.25. The van der Waals surface area contributed by atoms with Crippen molar-refractivity contribution in [2.24, 2.45) is 4.99 Å². The predicted molar refractivity (Wildman–Crippen MR) is 118 cm³/mol. The first-order chi connectivity index (χ1) is 13.8. The second kappa shape index (κ2) is 11.8. The average molecular weight is 408 g/mol. The van der Waals surface area contributed by atoms with Crippen LogP contribution in [0.4, 0.5) is 0 Å². The highest BCUT2D eigenvalue weighted by molar-refractivity contribution is 7.10. The van der Waals surface area contributed by atoms with E-state index < -0.39 is 0 Å². The summed E-state index contributed by atoms with van der Waals surface area (Å²) < 4.78 is 5.56. The van der Waals surface area contributed by atoms with E-state index in [2.05, 4.69) is 51.8 Å². The normalized spacial score (nSPS) is 21.6. The van der Waals surface area contributed by atoms with Gasteiger partial charge in [0.25, 0.3) is 0 Å². The Labute approximate surface area is 174 Å². The summed E-state index contributed by atoms with van der Waals surface area (Å²) >= 11 is 1.83. The van der Waals surface area contributed by atoms with Crippen LogP contribution in [-0.2, 0) is 4.74 Å². The molecule has 158 valence electrons. The van der Waals surface area contributed by atoms with E-state index in [1.807, 2.05) is 11.3 Å². The molecule has 2 aliphatic heterocycles. The first-order valence-corrected chi connectivity index (χ1v) is 11.8. The van der Waals surface area contributed by atoms with Crippen LogP contribution in [0.2, 0.25) is 0 Å². The SMILES string of the molecule is CCCN1CCC(NC(=NCC(c2cccs2)N2CCOCC2)NCC)CC1. The highest BCUT2D eigenvalue weighted by Gasteiger charge is 2.24. The Balaban J connectivity index is 1.60. The van der Waals surface area contributed by atoms with Crippen molar-refractivity contribution in [2.75, 3.05) is 59.0 Å². The molecule has 0 aromatic carbocycles. The van der Waals surface area contributed by atoms with Gasteiger partial charge in [-0.1, -0.05) is 13.0 Å². The van der Waals surface area contributed by atoms with Crippen molar-refractivity contribution in [3.05, 3.63) is 22.4 Å². The molecule has 0 radical (unpaired) electrons. The Hall–Kier alpha value is -1.15. The number of nitrogens with zero attached hydrogens (tertiary/aromatic N) is 3. The zero-order chi connectivity index (χ0) is 19.6. The van der Waals surface area contributed by atoms with Gasteiger partial charge in [0.15, 0.2) is 5.96 Å². The third kappa shape index (κ3) is 6.44. The number of nitrogens with one attached hydrogen (secondary N) is 2. The van der Waals surface area contributed by atoms with Crippen LogP contribution in [-0.4, -0.2) is 80.8 Å². The molecule has 2 fully saturated rings. The maximum atomic E-state index is 5.56. The number of guanidine groups is 1. The molecule has 0 saturated carbocycles. The number of morpholine rings is 1. The van der Waals surface area contributed by atoms with Crippen molar-refractivity contribution < 1.29 is 4.74 Å². The number of aliphatic imine (C=N–C) groups is 1. The van der Waals surface area contributed by atoms with Crippen molar-refractivity contribution in [1.82, 2.24) is 20.4 Å². The van der Waals surface area contributed by atoms with Crippen LogP contribution < -0.4 is 10.6 Å². The lowest BCUT2D eigenvalue weighted by Crippen LogP contribution is -2.49. The number of hydrogen-bond acceptors (Lipinski definition) is 5. The number of hydrogen-bond donors (Lipinski definition) is 2. The summed E-state index contributed by atoms with van der Waals surface area (Å²) in [7, 11) is 0. The monoisotopic (exact) mass is 407 g/mol. The van der Waals surface area contributed by atoms with Gasteiger partial charge in [-0.3, -0.25) is 9.89 Å². The van der Waals surface area contributed by atoms with E-state index in [0.717, 1.165) is 45.4 Å². The topological polar surface area (TPSA) is 52.1 Å². The maximum Gasteiger partial charge on any atom is 0.191 e. The van der Waals surface area contributed by atoms with Crippen LogP contribution in [0.25, 0.3) is 0 Å². The van der Waals surface area contributed by atoms with Crippen molar-refractivity contribution in [2.45, 2.75) is 45.2 Å². The molecule has 2 aliphatic rings. The van der Waals surface area contributed by atoms with E-state index in [1.54, 1.807) is 0 Å². The minimum atomic E-state index is 0.339. The predicted octanol–water partition coefficient (Wildman–Crippen LogP) is 2.55. The lowest BCUT2D eigenvalue weighted by Gasteiger charge is -2.34. The molecule has 2 saturated heterocycles. The standard InChI is InChI=1S/C21H37N5OS/c1-3-9-25-10-7-18(8-11-25)24-21(22-4-2)23-17-19(20-6-5-16-28-20)26-12-14-27-15-13-26/h5-6,16,18-19H,3-4,7-15,17H2,1-2H3,(H2,22,23,24). The molecule has 28 heavy (non-hydrogen) atoms. The fourth-order valence-corrected chi connectivity index (χ4v) is 4.92. The Morgan fingerprint density at radius 1 is 1.25 bits per heavy atom. The highest BCUT2D eigenvalue weighted by atomic mass is 32.1. The van der Waals surface area contributed by atoms with Gasteiger partial charge in [-0.05, 0) is 44.2 Å². The Bertz CT molecular complexity index is 565. The smallest absolute Gasteiger partial charge is 0.191 e. The summed E-state index contributed by atoms with van der Waals surface area (Å²) in [4.78, 5) is 11.5. The van der Waals surface area contributed by atoms with Crippen LogP contribution in [0, 0.1) is 0 Å². The zero-order valence-corrected chi connectivity index (χ0v) is 18.3. The van der Waals surface area contributed by atoms with Gasteiger partial charge in [0.2, 0.25) is 0 Å². The molecule has 0 aliphatic carbocycles. The lowest BCUT2D eigenvalue weighted by molar-refractivity contribution is 0.0186. The summed E-state index contributed by atoms with van der Waals surface area (Å²) in [5.74, 6) is 0.964. The van der Waals surface area contributed by atoms with Crippen molar-refractivity contribution in [3.63, 3.8) is 0 Å². The summed E-state index contributed by atoms with van der Waals surface area (Å²) in [6.45, 7) is 13.3. The number of ether oxygens (including phenoxy) is 1. The third-order valence-corrected chi connectivity index (χ3v) is 6.57. The van der Waals surface area contributed by atoms with E-state index in [1.165, 1.54) is 43.8 Å². The van der Waals surface area contributed by atoms with E-state index in [9.17, 15) is 0 Å². The quantitative estimate of drug-likeness (QED) is 0.512. The van der Waals surface area contributed by atoms with Gasteiger partial charge >= 0.3 is 0 Å². The molecular formula is C21H37N5OS. The van der Waals surface area contributed by atoms with Crippen LogP contribution >= 0.6 is 11.3 Å². The number of rotatable bonds is 8. The van der Waals surface area contributed by atoms with E-state index >= 15 is 0 Å². The molecule has 3 heterocycles. The van der Waals surface area contributed by atoms with E-state index in [4.69, 9.17) is 9.73 Å². The fraction of sp³-hybridized carbons (Fsp3) is 0.762. The number of thiophene rings is 1. The van der Waals surface area contributed by atoms with E-state index in [-0.39, 0.29) is 0 Å². The van der Waals surface area contributed by atoms with Crippen LogP contribution in [0.3, 0.4) is 0 Å². The zero-order valence-electron chi connectivity index (χ0n) is 17.5. The molecular weight excluding hydrogens is 370 g/mol. The van der Waals surface area contributed by atoms with Gasteiger partial charge < -0.3 is 20.3 Å².